The van der Waals surface area contributed by atoms with Gasteiger partial charge in [0.05, 0.1) is 17.5 Å². The number of carbonyl (C=O) groups excluding carboxylic acids is 1. The highest BCUT2D eigenvalue weighted by Crippen LogP contribution is 2.24. The van der Waals surface area contributed by atoms with Crippen molar-refractivity contribution in [3.8, 4) is 11.5 Å². The Morgan fingerprint density at radius 2 is 1.82 bits per heavy atom. The quantitative estimate of drug-likeness (QED) is 0.279. The van der Waals surface area contributed by atoms with E-state index < -0.39 is 15.9 Å². The summed E-state index contributed by atoms with van der Waals surface area (Å²) in [4.78, 5) is 12.4. The van der Waals surface area contributed by atoms with Gasteiger partial charge in [-0.05, 0) is 47.3 Å². The highest BCUT2D eigenvalue weighted by Gasteiger charge is 2.19. The van der Waals surface area contributed by atoms with Crippen molar-refractivity contribution in [3.63, 3.8) is 0 Å². The van der Waals surface area contributed by atoms with Crippen molar-refractivity contribution in [2.45, 2.75) is 4.21 Å². The summed E-state index contributed by atoms with van der Waals surface area (Å²) in [5.41, 5.74) is 2.95. The number of aromatic hydroxyl groups is 2. The lowest BCUT2D eigenvalue weighted by atomic mass is 10.2. The molecule has 0 spiro atoms. The number of thiophene rings is 1. The number of hydrazone groups is 1. The average Bonchev–Trinajstić information content (AvgIpc) is 3.20. The fraction of sp³-hybridized carbons (Fsp3) is 0. The third-order valence-electron chi connectivity index (χ3n) is 3.56. The number of hydrogen-bond acceptors (Lipinski definition) is 7. The molecule has 0 radical (unpaired) electrons. The summed E-state index contributed by atoms with van der Waals surface area (Å²) in [6.07, 6.45) is 1.27. The van der Waals surface area contributed by atoms with Crippen molar-refractivity contribution in [1.29, 1.82) is 0 Å². The zero-order valence-electron chi connectivity index (χ0n) is 14.2. The van der Waals surface area contributed by atoms with Gasteiger partial charge in [0.1, 0.15) is 4.21 Å². The molecule has 4 N–H and O–H groups in total. The molecule has 3 rings (SSSR count). The fourth-order valence-corrected chi connectivity index (χ4v) is 4.30. The maximum atomic E-state index is 12.4. The number of nitrogens with one attached hydrogen (secondary N) is 2. The predicted molar refractivity (Wildman–Crippen MR) is 106 cm³/mol. The Kier molecular flexibility index (Phi) is 5.62. The van der Waals surface area contributed by atoms with Crippen LogP contribution in [-0.2, 0) is 10.0 Å². The predicted octanol–water partition coefficient (Wildman–Crippen LogP) is 2.72. The molecule has 0 saturated carbocycles. The van der Waals surface area contributed by atoms with Gasteiger partial charge in [0.25, 0.3) is 15.9 Å². The van der Waals surface area contributed by atoms with Gasteiger partial charge in [0.2, 0.25) is 0 Å². The lowest BCUT2D eigenvalue weighted by Crippen LogP contribution is -2.21. The van der Waals surface area contributed by atoms with E-state index in [1.54, 1.807) is 23.6 Å². The second kappa shape index (κ2) is 8.11. The minimum atomic E-state index is -3.80. The van der Waals surface area contributed by atoms with Crippen LogP contribution in [0.3, 0.4) is 0 Å². The molecule has 0 saturated heterocycles. The molecule has 0 atom stereocenters. The van der Waals surface area contributed by atoms with Crippen LogP contribution < -0.4 is 10.1 Å². The van der Waals surface area contributed by atoms with Crippen LogP contribution in [0.4, 0.5) is 5.69 Å². The van der Waals surface area contributed by atoms with Crippen LogP contribution in [0.5, 0.6) is 11.5 Å². The molecule has 144 valence electrons. The fourth-order valence-electron chi connectivity index (χ4n) is 2.23. The summed E-state index contributed by atoms with van der Waals surface area (Å²) >= 11 is 1.06. The molecule has 1 amide bonds. The van der Waals surface area contributed by atoms with Crippen LogP contribution >= 0.6 is 11.3 Å². The Labute approximate surface area is 164 Å². The second-order valence-electron chi connectivity index (χ2n) is 5.53. The Morgan fingerprint density at radius 1 is 1.04 bits per heavy atom. The average molecular weight is 417 g/mol. The summed E-state index contributed by atoms with van der Waals surface area (Å²) in [7, 11) is -3.80. The molecule has 0 fully saturated rings. The van der Waals surface area contributed by atoms with Crippen LogP contribution in [0.15, 0.2) is 69.3 Å². The molecule has 0 aliphatic heterocycles. The van der Waals surface area contributed by atoms with E-state index in [9.17, 15) is 23.4 Å². The van der Waals surface area contributed by atoms with Gasteiger partial charge in [-0.1, -0.05) is 18.2 Å². The number of sulfonamides is 1. The monoisotopic (exact) mass is 417 g/mol. The van der Waals surface area contributed by atoms with E-state index in [0.29, 0.717) is 5.56 Å². The molecule has 3 aromatic rings. The summed E-state index contributed by atoms with van der Waals surface area (Å²) in [5.74, 6) is -1.21. The first kappa shape index (κ1) is 19.4. The third kappa shape index (κ3) is 4.48. The number of phenols is 2. The number of rotatable bonds is 6. The number of phenolic OH excluding ortho intramolecular Hbond substituents is 2. The number of nitrogens with zero attached hydrogens (tertiary/aromatic N) is 1. The first-order valence-electron chi connectivity index (χ1n) is 7.87. The van der Waals surface area contributed by atoms with Gasteiger partial charge in [-0.25, -0.2) is 13.8 Å². The zero-order chi connectivity index (χ0) is 20.1. The molecule has 0 aliphatic carbocycles. The van der Waals surface area contributed by atoms with Gasteiger partial charge < -0.3 is 10.2 Å². The SMILES string of the molecule is O=C(NN=Cc1ccc(O)c(O)c1)c1ccccc1NS(=O)(=O)c1cccs1. The van der Waals surface area contributed by atoms with E-state index in [4.69, 9.17) is 0 Å². The minimum Gasteiger partial charge on any atom is -0.504 e. The number of benzene rings is 2. The van der Waals surface area contributed by atoms with Gasteiger partial charge in [0, 0.05) is 0 Å². The second-order valence-corrected chi connectivity index (χ2v) is 8.39. The molecule has 0 bridgehead atoms. The minimum absolute atomic E-state index is 0.0911. The van der Waals surface area contributed by atoms with Gasteiger partial charge in [-0.15, -0.1) is 11.3 Å². The van der Waals surface area contributed by atoms with E-state index in [0.717, 1.165) is 11.3 Å². The van der Waals surface area contributed by atoms with Crippen molar-refractivity contribution in [3.05, 3.63) is 71.1 Å². The van der Waals surface area contributed by atoms with E-state index in [2.05, 4.69) is 15.2 Å². The van der Waals surface area contributed by atoms with Crippen molar-refractivity contribution >= 4 is 39.2 Å². The Bertz CT molecular complexity index is 1130. The summed E-state index contributed by atoms with van der Waals surface area (Å²) in [5, 5.41) is 24.2. The highest BCUT2D eigenvalue weighted by atomic mass is 32.2. The molecule has 10 heteroatoms. The first-order valence-corrected chi connectivity index (χ1v) is 10.2. The smallest absolute Gasteiger partial charge is 0.273 e. The summed E-state index contributed by atoms with van der Waals surface area (Å²) in [6.45, 7) is 0. The summed E-state index contributed by atoms with van der Waals surface area (Å²) < 4.78 is 27.3. The number of carbonyl (C=O) groups is 1. The standard InChI is InChI=1S/C18H15N3O5S2/c22-15-8-7-12(10-16(15)23)11-19-20-18(24)13-4-1-2-5-14(13)21-28(25,26)17-6-3-9-27-17/h1-11,21-23H,(H,20,24). The number of para-hydroxylation sites is 1. The van der Waals surface area contributed by atoms with Crippen LogP contribution in [0.25, 0.3) is 0 Å². The third-order valence-corrected chi connectivity index (χ3v) is 6.32. The molecule has 1 heterocycles. The molecule has 0 aliphatic rings. The van der Waals surface area contributed by atoms with Gasteiger partial charge >= 0.3 is 0 Å². The zero-order valence-corrected chi connectivity index (χ0v) is 15.9. The van der Waals surface area contributed by atoms with E-state index in [1.165, 1.54) is 42.6 Å². The van der Waals surface area contributed by atoms with Gasteiger partial charge in [0.15, 0.2) is 11.5 Å². The normalized spacial score (nSPS) is 11.4. The molecular weight excluding hydrogens is 402 g/mol. The van der Waals surface area contributed by atoms with Crippen molar-refractivity contribution in [1.82, 2.24) is 5.43 Å². The van der Waals surface area contributed by atoms with Gasteiger partial charge in [-0.2, -0.15) is 5.10 Å². The lowest BCUT2D eigenvalue weighted by molar-refractivity contribution is 0.0956. The van der Waals surface area contributed by atoms with Crippen LogP contribution in [0.2, 0.25) is 0 Å². The van der Waals surface area contributed by atoms with Crippen molar-refractivity contribution in [2.24, 2.45) is 5.10 Å². The maximum absolute atomic E-state index is 12.4. The largest absolute Gasteiger partial charge is 0.504 e. The molecule has 2 aromatic carbocycles. The highest BCUT2D eigenvalue weighted by molar-refractivity contribution is 7.94. The molecular formula is C18H15N3O5S2. The maximum Gasteiger partial charge on any atom is 0.273 e. The number of anilines is 1. The summed E-state index contributed by atoms with van der Waals surface area (Å²) in [6, 6.07) is 13.3. The van der Waals surface area contributed by atoms with Crippen molar-refractivity contribution in [2.75, 3.05) is 4.72 Å². The van der Waals surface area contributed by atoms with Gasteiger partial charge in [-0.3, -0.25) is 9.52 Å². The van der Waals surface area contributed by atoms with Crippen molar-refractivity contribution < 1.29 is 23.4 Å². The first-order chi connectivity index (χ1) is 13.4. The van der Waals surface area contributed by atoms with Crippen LogP contribution in [0, 0.1) is 0 Å². The van der Waals surface area contributed by atoms with E-state index in [-0.39, 0.29) is 27.0 Å². The number of hydrogen-bond donors (Lipinski definition) is 4. The molecule has 1 aromatic heterocycles. The molecule has 8 nitrogen and oxygen atoms in total. The number of amides is 1. The Balaban J connectivity index is 1.75. The topological polar surface area (TPSA) is 128 Å². The van der Waals surface area contributed by atoms with E-state index in [1.807, 2.05) is 0 Å². The Morgan fingerprint density at radius 3 is 2.54 bits per heavy atom. The molecule has 28 heavy (non-hydrogen) atoms. The van der Waals surface area contributed by atoms with Crippen LogP contribution in [0.1, 0.15) is 15.9 Å². The lowest BCUT2D eigenvalue weighted by Gasteiger charge is -2.10. The Hall–Kier alpha value is -3.37. The molecule has 0 unspecified atom stereocenters. The van der Waals surface area contributed by atoms with Crippen LogP contribution in [-0.4, -0.2) is 30.8 Å². The van der Waals surface area contributed by atoms with E-state index >= 15 is 0 Å².